The molecule has 106 valence electrons. The van der Waals surface area contributed by atoms with Crippen molar-refractivity contribution in [2.75, 3.05) is 6.54 Å². The molecule has 2 aromatic rings. The van der Waals surface area contributed by atoms with E-state index in [1.54, 1.807) is 0 Å². The largest absolute Gasteiger partial charge is 0.330 e. The molecule has 0 aliphatic heterocycles. The summed E-state index contributed by atoms with van der Waals surface area (Å²) in [5, 5.41) is 9.10. The lowest BCUT2D eigenvalue weighted by atomic mass is 9.77. The first-order chi connectivity index (χ1) is 10.3. The number of nitriles is 1. The molecule has 0 unspecified atom stereocenters. The van der Waals surface area contributed by atoms with Gasteiger partial charge in [0.2, 0.25) is 0 Å². The van der Waals surface area contributed by atoms with Gasteiger partial charge in [0.05, 0.1) is 11.6 Å². The topological polar surface area (TPSA) is 75.6 Å². The second-order valence-electron chi connectivity index (χ2n) is 5.50. The molecule has 1 saturated carbocycles. The van der Waals surface area contributed by atoms with Crippen molar-refractivity contribution < 1.29 is 0 Å². The third-order valence-electron chi connectivity index (χ3n) is 4.10. The third-order valence-corrected chi connectivity index (χ3v) is 4.10. The van der Waals surface area contributed by atoms with Crippen LogP contribution in [0.5, 0.6) is 0 Å². The van der Waals surface area contributed by atoms with Crippen LogP contribution in [-0.4, -0.2) is 16.5 Å². The molecular weight excluding hydrogens is 260 g/mol. The molecule has 1 heterocycles. The Morgan fingerprint density at radius 2 is 2.00 bits per heavy atom. The zero-order chi connectivity index (χ0) is 14.7. The maximum atomic E-state index is 9.10. The highest BCUT2D eigenvalue weighted by atomic mass is 14.9. The minimum absolute atomic E-state index is 0.542. The van der Waals surface area contributed by atoms with E-state index in [4.69, 9.17) is 11.0 Å². The highest BCUT2D eigenvalue weighted by Gasteiger charge is 2.23. The SMILES string of the molecule is N#Cc1ccc(-c2ncc(CCN)cn2)c(C2CCC2)c1. The summed E-state index contributed by atoms with van der Waals surface area (Å²) in [6.45, 7) is 0.604. The van der Waals surface area contributed by atoms with E-state index in [9.17, 15) is 0 Å². The van der Waals surface area contributed by atoms with Gasteiger partial charge >= 0.3 is 0 Å². The van der Waals surface area contributed by atoms with Crippen molar-refractivity contribution in [3.8, 4) is 17.5 Å². The molecule has 0 bridgehead atoms. The molecule has 0 saturated heterocycles. The van der Waals surface area contributed by atoms with E-state index in [2.05, 4.69) is 16.0 Å². The number of nitrogens with two attached hydrogens (primary N) is 1. The van der Waals surface area contributed by atoms with Gasteiger partial charge in [-0.1, -0.05) is 6.42 Å². The second kappa shape index (κ2) is 6.02. The molecule has 2 N–H and O–H groups in total. The zero-order valence-electron chi connectivity index (χ0n) is 11.9. The highest BCUT2D eigenvalue weighted by molar-refractivity contribution is 5.63. The van der Waals surface area contributed by atoms with Crippen molar-refractivity contribution in [3.05, 3.63) is 47.3 Å². The van der Waals surface area contributed by atoms with Gasteiger partial charge in [-0.3, -0.25) is 0 Å². The van der Waals surface area contributed by atoms with E-state index < -0.39 is 0 Å². The van der Waals surface area contributed by atoms with E-state index >= 15 is 0 Å². The van der Waals surface area contributed by atoms with Crippen LogP contribution in [0, 0.1) is 11.3 Å². The quantitative estimate of drug-likeness (QED) is 0.933. The molecule has 1 fully saturated rings. The fourth-order valence-electron chi connectivity index (χ4n) is 2.68. The first kappa shape index (κ1) is 13.7. The van der Waals surface area contributed by atoms with Gasteiger partial charge in [0.1, 0.15) is 0 Å². The molecule has 1 aromatic heterocycles. The molecule has 3 rings (SSSR count). The van der Waals surface area contributed by atoms with Crippen LogP contribution in [0.4, 0.5) is 0 Å². The molecule has 0 amide bonds. The summed E-state index contributed by atoms with van der Waals surface area (Å²) in [5.74, 6) is 1.28. The Balaban J connectivity index is 1.98. The van der Waals surface area contributed by atoms with Gasteiger partial charge in [-0.05, 0) is 61.1 Å². The van der Waals surface area contributed by atoms with Gasteiger partial charge in [-0.15, -0.1) is 0 Å². The lowest BCUT2D eigenvalue weighted by Crippen LogP contribution is -2.11. The van der Waals surface area contributed by atoms with Gasteiger partial charge in [0.15, 0.2) is 5.82 Å². The maximum Gasteiger partial charge on any atom is 0.159 e. The molecule has 4 heteroatoms. The van der Waals surface area contributed by atoms with Crippen molar-refractivity contribution in [2.24, 2.45) is 5.73 Å². The van der Waals surface area contributed by atoms with Crippen LogP contribution in [0.25, 0.3) is 11.4 Å². The first-order valence-corrected chi connectivity index (χ1v) is 7.37. The van der Waals surface area contributed by atoms with Gasteiger partial charge in [-0.25, -0.2) is 9.97 Å². The fourth-order valence-corrected chi connectivity index (χ4v) is 2.68. The molecule has 1 aromatic carbocycles. The number of hydrogen-bond acceptors (Lipinski definition) is 4. The lowest BCUT2D eigenvalue weighted by Gasteiger charge is -2.27. The van der Waals surface area contributed by atoms with Crippen LogP contribution >= 0.6 is 0 Å². The van der Waals surface area contributed by atoms with Crippen molar-refractivity contribution >= 4 is 0 Å². The van der Waals surface area contributed by atoms with Crippen molar-refractivity contribution in [2.45, 2.75) is 31.6 Å². The predicted molar refractivity (Wildman–Crippen MR) is 81.5 cm³/mol. The van der Waals surface area contributed by atoms with Crippen LogP contribution in [0.2, 0.25) is 0 Å². The van der Waals surface area contributed by atoms with Gasteiger partial charge in [-0.2, -0.15) is 5.26 Å². The van der Waals surface area contributed by atoms with Crippen LogP contribution in [-0.2, 0) is 6.42 Å². The zero-order valence-corrected chi connectivity index (χ0v) is 11.9. The van der Waals surface area contributed by atoms with Crippen molar-refractivity contribution in [3.63, 3.8) is 0 Å². The Bertz CT molecular complexity index is 666. The Labute approximate surface area is 124 Å². The molecule has 1 aliphatic carbocycles. The number of rotatable bonds is 4. The maximum absolute atomic E-state index is 9.10. The average Bonchev–Trinajstić information content (AvgIpc) is 2.47. The summed E-state index contributed by atoms with van der Waals surface area (Å²) in [5.41, 5.74) is 9.58. The molecule has 4 nitrogen and oxygen atoms in total. The molecule has 0 spiro atoms. The number of benzene rings is 1. The Kier molecular flexibility index (Phi) is 3.94. The summed E-state index contributed by atoms with van der Waals surface area (Å²) < 4.78 is 0. The summed E-state index contributed by atoms with van der Waals surface area (Å²) >= 11 is 0. The van der Waals surface area contributed by atoms with Gasteiger partial charge < -0.3 is 5.73 Å². The number of aromatic nitrogens is 2. The summed E-state index contributed by atoms with van der Waals surface area (Å²) in [6, 6.07) is 8.03. The average molecular weight is 278 g/mol. The number of nitrogens with zero attached hydrogens (tertiary/aromatic N) is 3. The third kappa shape index (κ3) is 2.79. The molecular formula is C17H18N4. The minimum Gasteiger partial charge on any atom is -0.330 e. The van der Waals surface area contributed by atoms with E-state index in [1.807, 2.05) is 30.6 Å². The van der Waals surface area contributed by atoms with E-state index in [0.29, 0.717) is 18.0 Å². The van der Waals surface area contributed by atoms with E-state index in [1.165, 1.54) is 24.8 Å². The highest BCUT2D eigenvalue weighted by Crippen LogP contribution is 2.40. The second-order valence-corrected chi connectivity index (χ2v) is 5.50. The Morgan fingerprint density at radius 3 is 2.57 bits per heavy atom. The summed E-state index contributed by atoms with van der Waals surface area (Å²) in [4.78, 5) is 8.95. The molecule has 1 aliphatic rings. The van der Waals surface area contributed by atoms with Crippen LogP contribution in [0.3, 0.4) is 0 Å². The normalized spacial score (nSPS) is 14.5. The van der Waals surface area contributed by atoms with Crippen molar-refractivity contribution in [1.29, 1.82) is 5.26 Å². The molecule has 21 heavy (non-hydrogen) atoms. The van der Waals surface area contributed by atoms with E-state index in [-0.39, 0.29) is 0 Å². The van der Waals surface area contributed by atoms with E-state index in [0.717, 1.165) is 23.4 Å². The van der Waals surface area contributed by atoms with Crippen molar-refractivity contribution in [1.82, 2.24) is 9.97 Å². The summed E-state index contributed by atoms with van der Waals surface area (Å²) in [7, 11) is 0. The minimum atomic E-state index is 0.542. The van der Waals surface area contributed by atoms with Crippen LogP contribution in [0.15, 0.2) is 30.6 Å². The lowest BCUT2D eigenvalue weighted by molar-refractivity contribution is 0.420. The first-order valence-electron chi connectivity index (χ1n) is 7.37. The fraction of sp³-hybridized carbons (Fsp3) is 0.353. The number of hydrogen-bond donors (Lipinski definition) is 1. The smallest absolute Gasteiger partial charge is 0.159 e. The Morgan fingerprint density at radius 1 is 1.24 bits per heavy atom. The van der Waals surface area contributed by atoms with Crippen LogP contribution in [0.1, 0.15) is 41.9 Å². The van der Waals surface area contributed by atoms with Gasteiger partial charge in [0.25, 0.3) is 0 Å². The monoisotopic (exact) mass is 278 g/mol. The Hall–Kier alpha value is -2.25. The standard InChI is InChI=1S/C17H18N4/c18-7-6-13-10-20-17(21-11-13)15-5-4-12(9-19)8-16(15)14-2-1-3-14/h4-5,8,10-11,14H,1-3,6-7,18H2. The molecule has 0 atom stereocenters. The predicted octanol–water partition coefficient (Wildman–Crippen LogP) is 2.78. The summed E-state index contributed by atoms with van der Waals surface area (Å²) in [6.07, 6.45) is 8.12. The molecule has 0 radical (unpaired) electrons. The van der Waals surface area contributed by atoms with Crippen LogP contribution < -0.4 is 5.73 Å². The van der Waals surface area contributed by atoms with Gasteiger partial charge in [0, 0.05) is 18.0 Å².